The molecule has 170 valence electrons. The van der Waals surface area contributed by atoms with Gasteiger partial charge in [0.1, 0.15) is 0 Å². The van der Waals surface area contributed by atoms with E-state index in [1.807, 2.05) is 6.07 Å². The van der Waals surface area contributed by atoms with Crippen molar-refractivity contribution in [2.75, 3.05) is 0 Å². The molecule has 1 saturated carbocycles. The maximum atomic E-state index is 13.5. The Balaban J connectivity index is 1.28. The molecule has 0 saturated heterocycles. The van der Waals surface area contributed by atoms with Gasteiger partial charge in [-0.15, -0.1) is 0 Å². The lowest BCUT2D eigenvalue weighted by Gasteiger charge is -2.28. The molecule has 0 radical (unpaired) electrons. The van der Waals surface area contributed by atoms with Crippen molar-refractivity contribution in [3.63, 3.8) is 0 Å². The van der Waals surface area contributed by atoms with E-state index in [4.69, 9.17) is 0 Å². The van der Waals surface area contributed by atoms with Crippen LogP contribution >= 0.6 is 0 Å². The molecular formula is C31H32F2. The van der Waals surface area contributed by atoms with E-state index in [1.165, 1.54) is 62.6 Å². The minimum Gasteiger partial charge on any atom is -0.204 e. The van der Waals surface area contributed by atoms with E-state index >= 15 is 0 Å². The van der Waals surface area contributed by atoms with Gasteiger partial charge in [-0.05, 0) is 97.2 Å². The van der Waals surface area contributed by atoms with Gasteiger partial charge in [-0.1, -0.05) is 67.9 Å². The second-order valence-corrected chi connectivity index (χ2v) is 9.35. The number of hydrogen-bond acceptors (Lipinski definition) is 0. The van der Waals surface area contributed by atoms with Crippen molar-refractivity contribution in [2.45, 2.75) is 58.3 Å². The van der Waals surface area contributed by atoms with Gasteiger partial charge < -0.3 is 0 Å². The largest absolute Gasteiger partial charge is 0.204 e. The molecule has 0 bridgehead atoms. The summed E-state index contributed by atoms with van der Waals surface area (Å²) in [5.74, 6) is 6.47. The van der Waals surface area contributed by atoms with Crippen LogP contribution in [0.5, 0.6) is 0 Å². The molecule has 0 heterocycles. The summed E-state index contributed by atoms with van der Waals surface area (Å²) in [6.45, 7) is 2.11. The first kappa shape index (κ1) is 23.2. The number of benzene rings is 3. The van der Waals surface area contributed by atoms with E-state index in [0.29, 0.717) is 10.8 Å². The predicted octanol–water partition coefficient (Wildman–Crippen LogP) is 8.61. The van der Waals surface area contributed by atoms with Crippen LogP contribution in [-0.4, -0.2) is 0 Å². The van der Waals surface area contributed by atoms with Gasteiger partial charge in [-0.3, -0.25) is 0 Å². The zero-order valence-electron chi connectivity index (χ0n) is 19.4. The number of fused-ring (bicyclic) bond motifs is 1. The molecule has 3 aromatic rings. The molecule has 0 N–H and O–H groups in total. The summed E-state index contributed by atoms with van der Waals surface area (Å²) in [5, 5.41) is 1.33. The lowest BCUT2D eigenvalue weighted by molar-refractivity contribution is 0.254. The lowest BCUT2D eigenvalue weighted by atomic mass is 9.78. The highest BCUT2D eigenvalue weighted by Gasteiger charge is 2.20. The van der Waals surface area contributed by atoms with Crippen molar-refractivity contribution < 1.29 is 8.78 Å². The van der Waals surface area contributed by atoms with Gasteiger partial charge in [0.05, 0.1) is 0 Å². The number of allylic oxidation sites excluding steroid dienone is 2. The molecule has 0 nitrogen and oxygen atoms in total. The first-order valence-corrected chi connectivity index (χ1v) is 12.2. The smallest absolute Gasteiger partial charge is 0.159 e. The average Bonchev–Trinajstić information content (AvgIpc) is 2.84. The summed E-state index contributed by atoms with van der Waals surface area (Å²) in [7, 11) is 0. The zero-order valence-corrected chi connectivity index (χ0v) is 19.4. The molecular weight excluding hydrogens is 410 g/mol. The van der Waals surface area contributed by atoms with E-state index in [1.54, 1.807) is 12.1 Å². The molecule has 1 aliphatic rings. The van der Waals surface area contributed by atoms with Gasteiger partial charge in [0.2, 0.25) is 0 Å². The van der Waals surface area contributed by atoms with E-state index in [-0.39, 0.29) is 0 Å². The average molecular weight is 443 g/mol. The van der Waals surface area contributed by atoms with Crippen LogP contribution in [0.4, 0.5) is 8.78 Å². The maximum Gasteiger partial charge on any atom is 0.159 e. The minimum atomic E-state index is -0.833. The van der Waals surface area contributed by atoms with Crippen molar-refractivity contribution in [3.8, 4) is 11.8 Å². The molecule has 0 atom stereocenters. The van der Waals surface area contributed by atoms with Crippen LogP contribution in [0.25, 0.3) is 10.8 Å². The van der Waals surface area contributed by atoms with Gasteiger partial charge in [-0.2, -0.15) is 0 Å². The van der Waals surface area contributed by atoms with Crippen LogP contribution in [0.2, 0.25) is 0 Å². The Bertz CT molecular complexity index is 1150. The number of aryl methyl sites for hydroxylation is 1. The Hall–Kier alpha value is -2.92. The van der Waals surface area contributed by atoms with Crippen molar-refractivity contribution in [3.05, 3.63) is 95.1 Å². The van der Waals surface area contributed by atoms with Gasteiger partial charge >= 0.3 is 0 Å². The van der Waals surface area contributed by atoms with Gasteiger partial charge in [-0.25, -0.2) is 8.78 Å². The first-order valence-electron chi connectivity index (χ1n) is 12.2. The maximum absolute atomic E-state index is 13.5. The highest BCUT2D eigenvalue weighted by molar-refractivity contribution is 5.84. The fraction of sp³-hybridized carbons (Fsp3) is 0.355. The zero-order chi connectivity index (χ0) is 23.0. The van der Waals surface area contributed by atoms with Crippen molar-refractivity contribution >= 4 is 10.8 Å². The normalized spacial score (nSPS) is 18.4. The van der Waals surface area contributed by atoms with E-state index in [0.717, 1.165) is 29.4 Å². The van der Waals surface area contributed by atoms with E-state index in [9.17, 15) is 8.78 Å². The topological polar surface area (TPSA) is 0 Å². The Morgan fingerprint density at radius 2 is 1.36 bits per heavy atom. The minimum absolute atomic E-state index is 0.655. The molecule has 1 aliphatic carbocycles. The molecule has 0 aliphatic heterocycles. The van der Waals surface area contributed by atoms with Gasteiger partial charge in [0.25, 0.3) is 0 Å². The van der Waals surface area contributed by atoms with E-state index in [2.05, 4.69) is 55.2 Å². The molecule has 33 heavy (non-hydrogen) atoms. The highest BCUT2D eigenvalue weighted by Crippen LogP contribution is 2.34. The summed E-state index contributed by atoms with van der Waals surface area (Å²) < 4.78 is 26.9. The molecule has 2 heteroatoms. The number of halogens is 2. The first-order chi connectivity index (χ1) is 16.1. The van der Waals surface area contributed by atoms with Gasteiger partial charge in [0.15, 0.2) is 11.6 Å². The third-order valence-electron chi connectivity index (χ3n) is 6.97. The van der Waals surface area contributed by atoms with Crippen LogP contribution < -0.4 is 0 Å². The monoisotopic (exact) mass is 442 g/mol. The Kier molecular flexibility index (Phi) is 7.95. The van der Waals surface area contributed by atoms with Crippen molar-refractivity contribution in [1.82, 2.24) is 0 Å². The Labute approximate surface area is 196 Å². The quantitative estimate of drug-likeness (QED) is 0.265. The van der Waals surface area contributed by atoms with Crippen LogP contribution in [-0.2, 0) is 6.42 Å². The SMILES string of the molecule is C/C=C/CCC1CCC(CCc2ccc(C#Cc3ccc4cc(F)c(F)cc4c3)cc2)CC1. The molecule has 0 aromatic heterocycles. The number of hydrogen-bond donors (Lipinski definition) is 0. The highest BCUT2D eigenvalue weighted by atomic mass is 19.2. The number of rotatable bonds is 6. The van der Waals surface area contributed by atoms with Crippen LogP contribution in [0.15, 0.2) is 66.7 Å². The summed E-state index contributed by atoms with van der Waals surface area (Å²) in [6, 6.07) is 16.4. The third kappa shape index (κ3) is 6.55. The molecule has 4 rings (SSSR count). The molecule has 0 unspecified atom stereocenters. The Morgan fingerprint density at radius 3 is 2.06 bits per heavy atom. The summed E-state index contributed by atoms with van der Waals surface area (Å²) in [5.41, 5.74) is 3.13. The molecule has 0 spiro atoms. The molecule has 1 fully saturated rings. The standard InChI is InChI=1S/C31H32F2/c1-2-3-4-5-23-6-8-24(9-7-23)10-11-25-12-14-26(15-13-25)16-17-27-18-19-28-21-30(32)31(33)22-29(28)20-27/h2-3,12-15,18-24H,4-11H2,1H3/b3-2+. The van der Waals surface area contributed by atoms with Crippen LogP contribution in [0.3, 0.4) is 0 Å². The second kappa shape index (κ2) is 11.3. The van der Waals surface area contributed by atoms with Crippen molar-refractivity contribution in [1.29, 1.82) is 0 Å². The third-order valence-corrected chi connectivity index (χ3v) is 6.97. The fourth-order valence-corrected chi connectivity index (χ4v) is 4.90. The van der Waals surface area contributed by atoms with Crippen LogP contribution in [0, 0.1) is 35.3 Å². The fourth-order valence-electron chi connectivity index (χ4n) is 4.90. The van der Waals surface area contributed by atoms with Crippen LogP contribution in [0.1, 0.15) is 68.6 Å². The molecule has 3 aromatic carbocycles. The summed E-state index contributed by atoms with van der Waals surface area (Å²) in [6.07, 6.45) is 15.0. The lowest BCUT2D eigenvalue weighted by Crippen LogP contribution is -2.15. The summed E-state index contributed by atoms with van der Waals surface area (Å²) >= 11 is 0. The van der Waals surface area contributed by atoms with E-state index < -0.39 is 11.6 Å². The predicted molar refractivity (Wildman–Crippen MR) is 134 cm³/mol. The second-order valence-electron chi connectivity index (χ2n) is 9.35. The van der Waals surface area contributed by atoms with Gasteiger partial charge in [0, 0.05) is 11.1 Å². The Morgan fingerprint density at radius 1 is 0.758 bits per heavy atom. The summed E-state index contributed by atoms with van der Waals surface area (Å²) in [4.78, 5) is 0. The van der Waals surface area contributed by atoms with Crippen molar-refractivity contribution in [2.24, 2.45) is 11.8 Å². The molecule has 0 amide bonds.